The van der Waals surface area contributed by atoms with Crippen LogP contribution in [0.25, 0.3) is 0 Å². The number of carbonyl (C=O) groups excluding carboxylic acids is 3. The fourth-order valence-corrected chi connectivity index (χ4v) is 3.71. The van der Waals surface area contributed by atoms with Crippen molar-refractivity contribution in [3.8, 4) is 0 Å². The average Bonchev–Trinajstić information content (AvgIpc) is 2.95. The topological polar surface area (TPSA) is 66.5 Å². The van der Waals surface area contributed by atoms with Crippen LogP contribution < -0.4 is 10.2 Å². The Balaban J connectivity index is 2.18. The predicted molar refractivity (Wildman–Crippen MR) is 115 cm³/mol. The van der Waals surface area contributed by atoms with Gasteiger partial charge in [0.15, 0.2) is 0 Å². The summed E-state index contributed by atoms with van der Waals surface area (Å²) in [5, 5.41) is 2.69. The van der Waals surface area contributed by atoms with Gasteiger partial charge in [0.25, 0.3) is 17.7 Å². The Kier molecular flexibility index (Phi) is 5.69. The van der Waals surface area contributed by atoms with Crippen LogP contribution in [0.2, 0.25) is 0 Å². The summed E-state index contributed by atoms with van der Waals surface area (Å²) in [6.07, 6.45) is 1.56. The van der Waals surface area contributed by atoms with Gasteiger partial charge >= 0.3 is 0 Å². The van der Waals surface area contributed by atoms with Gasteiger partial charge in [-0.3, -0.25) is 14.4 Å². The van der Waals surface area contributed by atoms with Crippen LogP contribution in [0.3, 0.4) is 0 Å². The maximum Gasteiger partial charge on any atom is 0.266 e. The monoisotopic (exact) mass is 390 g/mol. The number of imide groups is 1. The van der Waals surface area contributed by atoms with Crippen molar-refractivity contribution < 1.29 is 14.4 Å². The van der Waals surface area contributed by atoms with Crippen LogP contribution >= 0.6 is 0 Å². The Morgan fingerprint density at radius 2 is 1.59 bits per heavy atom. The number of carbonyl (C=O) groups is 3. The number of fused-ring (bicyclic) bond motifs is 1. The van der Waals surface area contributed by atoms with Gasteiger partial charge in [0.05, 0.1) is 22.4 Å². The summed E-state index contributed by atoms with van der Waals surface area (Å²) in [4.78, 5) is 40.6. The molecular formula is C24H26N2O3. The zero-order valence-electron chi connectivity index (χ0n) is 17.3. The van der Waals surface area contributed by atoms with Crippen molar-refractivity contribution in [3.05, 3.63) is 76.9 Å². The fourth-order valence-electron chi connectivity index (χ4n) is 3.71. The first kappa shape index (κ1) is 20.5. The molecule has 1 heterocycles. The summed E-state index contributed by atoms with van der Waals surface area (Å²) < 4.78 is 0. The first-order valence-electron chi connectivity index (χ1n) is 9.83. The SMILES string of the molecule is C=CCNC(=O)c1cccc2c1C(=O)N(c1c(C(C)C)cccc1C(C)C)C2=O. The lowest BCUT2D eigenvalue weighted by molar-refractivity contribution is 0.0911. The van der Waals surface area contributed by atoms with E-state index in [9.17, 15) is 14.4 Å². The number of benzene rings is 2. The predicted octanol–water partition coefficient (Wildman–Crippen LogP) is 4.65. The molecule has 5 heteroatoms. The third-order valence-electron chi connectivity index (χ3n) is 5.13. The van der Waals surface area contributed by atoms with Crippen LogP contribution in [0.4, 0.5) is 5.69 Å². The number of hydrogen-bond acceptors (Lipinski definition) is 3. The highest BCUT2D eigenvalue weighted by molar-refractivity contribution is 6.36. The molecule has 0 unspecified atom stereocenters. The molecule has 29 heavy (non-hydrogen) atoms. The molecule has 0 bridgehead atoms. The van der Waals surface area contributed by atoms with Crippen LogP contribution in [0.15, 0.2) is 49.1 Å². The van der Waals surface area contributed by atoms with E-state index in [2.05, 4.69) is 11.9 Å². The van der Waals surface area contributed by atoms with E-state index in [0.29, 0.717) is 5.69 Å². The molecule has 0 aliphatic carbocycles. The van der Waals surface area contributed by atoms with E-state index >= 15 is 0 Å². The Hall–Kier alpha value is -3.21. The molecular weight excluding hydrogens is 364 g/mol. The third kappa shape index (κ3) is 3.48. The summed E-state index contributed by atoms with van der Waals surface area (Å²) in [6, 6.07) is 10.7. The standard InChI is InChI=1S/C24H26N2O3/c1-6-13-25-22(27)18-11-8-12-19-20(18)24(29)26(23(19)28)21-16(14(2)3)9-7-10-17(21)15(4)5/h6-12,14-15H,1,13H2,2-5H3,(H,25,27). The summed E-state index contributed by atoms with van der Waals surface area (Å²) in [7, 11) is 0. The third-order valence-corrected chi connectivity index (χ3v) is 5.13. The van der Waals surface area contributed by atoms with E-state index in [0.717, 1.165) is 11.1 Å². The molecule has 1 aliphatic heterocycles. The smallest absolute Gasteiger partial charge is 0.266 e. The van der Waals surface area contributed by atoms with Crippen molar-refractivity contribution in [1.29, 1.82) is 0 Å². The van der Waals surface area contributed by atoms with Crippen LogP contribution in [0.1, 0.15) is 81.7 Å². The Bertz CT molecular complexity index is 979. The van der Waals surface area contributed by atoms with Crippen LogP contribution in [0, 0.1) is 0 Å². The van der Waals surface area contributed by atoms with E-state index in [1.165, 1.54) is 4.90 Å². The van der Waals surface area contributed by atoms with Gasteiger partial charge in [0.1, 0.15) is 0 Å². The minimum atomic E-state index is -0.454. The lowest BCUT2D eigenvalue weighted by atomic mass is 9.92. The Morgan fingerprint density at radius 3 is 2.14 bits per heavy atom. The molecule has 2 aromatic rings. The molecule has 3 amide bonds. The number of hydrogen-bond donors (Lipinski definition) is 1. The molecule has 0 saturated carbocycles. The van der Waals surface area contributed by atoms with Crippen molar-refractivity contribution in [2.45, 2.75) is 39.5 Å². The van der Waals surface area contributed by atoms with Crippen LogP contribution in [0.5, 0.6) is 0 Å². The maximum atomic E-state index is 13.5. The highest BCUT2D eigenvalue weighted by Gasteiger charge is 2.41. The van der Waals surface area contributed by atoms with Crippen LogP contribution in [-0.2, 0) is 0 Å². The molecule has 0 atom stereocenters. The molecule has 0 radical (unpaired) electrons. The highest BCUT2D eigenvalue weighted by atomic mass is 16.2. The van der Waals surface area contributed by atoms with Gasteiger partial charge in [-0.25, -0.2) is 4.90 Å². The summed E-state index contributed by atoms with van der Waals surface area (Å²) in [5.74, 6) is -0.986. The first-order chi connectivity index (χ1) is 13.8. The molecule has 0 aromatic heterocycles. The largest absolute Gasteiger partial charge is 0.349 e. The molecule has 3 rings (SSSR count). The number of nitrogens with zero attached hydrogens (tertiary/aromatic N) is 1. The molecule has 150 valence electrons. The average molecular weight is 390 g/mol. The Morgan fingerprint density at radius 1 is 1.00 bits per heavy atom. The van der Waals surface area contributed by atoms with Crippen molar-refractivity contribution in [2.24, 2.45) is 0 Å². The van der Waals surface area contributed by atoms with Gasteiger partial charge in [-0.15, -0.1) is 6.58 Å². The summed E-state index contributed by atoms with van der Waals surface area (Å²) >= 11 is 0. The van der Waals surface area contributed by atoms with Crippen LogP contribution in [-0.4, -0.2) is 24.3 Å². The van der Waals surface area contributed by atoms with E-state index < -0.39 is 17.7 Å². The van der Waals surface area contributed by atoms with Gasteiger partial charge in [-0.1, -0.05) is 58.0 Å². The van der Waals surface area contributed by atoms with E-state index in [1.54, 1.807) is 24.3 Å². The molecule has 0 fully saturated rings. The number of para-hydroxylation sites is 1. The van der Waals surface area contributed by atoms with Gasteiger partial charge in [-0.2, -0.15) is 0 Å². The van der Waals surface area contributed by atoms with Gasteiger partial charge in [0, 0.05) is 6.54 Å². The van der Waals surface area contributed by atoms with Gasteiger partial charge in [-0.05, 0) is 35.1 Å². The second-order valence-corrected chi connectivity index (χ2v) is 7.77. The Labute approximate surface area is 171 Å². The fraction of sp³-hybridized carbons (Fsp3) is 0.292. The van der Waals surface area contributed by atoms with Crippen molar-refractivity contribution in [2.75, 3.05) is 11.4 Å². The quantitative estimate of drug-likeness (QED) is 0.577. The number of anilines is 1. The van der Waals surface area contributed by atoms with Crippen molar-refractivity contribution >= 4 is 23.4 Å². The number of rotatable bonds is 6. The molecule has 2 aromatic carbocycles. The van der Waals surface area contributed by atoms with E-state index in [4.69, 9.17) is 0 Å². The van der Waals surface area contributed by atoms with E-state index in [-0.39, 0.29) is 35.1 Å². The molecule has 1 N–H and O–H groups in total. The molecule has 0 saturated heterocycles. The van der Waals surface area contributed by atoms with Crippen molar-refractivity contribution in [3.63, 3.8) is 0 Å². The maximum absolute atomic E-state index is 13.5. The highest BCUT2D eigenvalue weighted by Crippen LogP contribution is 2.40. The molecule has 1 aliphatic rings. The van der Waals surface area contributed by atoms with Gasteiger partial charge in [0.2, 0.25) is 0 Å². The molecule has 5 nitrogen and oxygen atoms in total. The lowest BCUT2D eigenvalue weighted by Crippen LogP contribution is -2.32. The first-order valence-corrected chi connectivity index (χ1v) is 9.83. The number of nitrogens with one attached hydrogen (secondary N) is 1. The second-order valence-electron chi connectivity index (χ2n) is 7.77. The van der Waals surface area contributed by atoms with Gasteiger partial charge < -0.3 is 5.32 Å². The lowest BCUT2D eigenvalue weighted by Gasteiger charge is -2.25. The normalized spacial score (nSPS) is 13.2. The zero-order valence-corrected chi connectivity index (χ0v) is 17.3. The number of amides is 3. The summed E-state index contributed by atoms with van der Waals surface area (Å²) in [6.45, 7) is 12.0. The summed E-state index contributed by atoms with van der Waals surface area (Å²) in [5.41, 5.74) is 3.13. The molecule has 0 spiro atoms. The van der Waals surface area contributed by atoms with Crippen molar-refractivity contribution in [1.82, 2.24) is 5.32 Å². The minimum Gasteiger partial charge on any atom is -0.349 e. The zero-order chi connectivity index (χ0) is 21.3. The minimum absolute atomic E-state index is 0.128. The van der Waals surface area contributed by atoms with E-state index in [1.807, 2.05) is 45.9 Å². The second kappa shape index (κ2) is 8.03.